The molecule has 0 aromatic heterocycles. The van der Waals surface area contributed by atoms with Crippen LogP contribution in [0, 0.1) is 11.7 Å². The van der Waals surface area contributed by atoms with Crippen LogP contribution in [0.25, 0.3) is 0 Å². The molecule has 10 heteroatoms. The molecule has 1 aliphatic heterocycles. The molecule has 1 heterocycles. The summed E-state index contributed by atoms with van der Waals surface area (Å²) in [6, 6.07) is 9.18. The highest BCUT2D eigenvalue weighted by Gasteiger charge is 2.39. The summed E-state index contributed by atoms with van der Waals surface area (Å²) in [4.78, 5) is 41.2. The van der Waals surface area contributed by atoms with Crippen molar-refractivity contribution in [3.8, 4) is 5.75 Å². The Bertz CT molecular complexity index is 1170. The van der Waals surface area contributed by atoms with E-state index in [9.17, 15) is 18.8 Å². The van der Waals surface area contributed by atoms with E-state index < -0.39 is 24.0 Å². The van der Waals surface area contributed by atoms with Crippen molar-refractivity contribution in [1.29, 1.82) is 0 Å². The highest BCUT2D eigenvalue weighted by atomic mass is 35.5. The molecule has 2 aromatic carbocycles. The van der Waals surface area contributed by atoms with Gasteiger partial charge in [0.25, 0.3) is 0 Å². The van der Waals surface area contributed by atoms with Crippen LogP contribution in [0.5, 0.6) is 5.75 Å². The van der Waals surface area contributed by atoms with Gasteiger partial charge in [-0.05, 0) is 80.0 Å². The van der Waals surface area contributed by atoms with Crippen molar-refractivity contribution in [2.45, 2.75) is 57.2 Å². The van der Waals surface area contributed by atoms with Gasteiger partial charge in [-0.15, -0.1) is 0 Å². The monoisotopic (exact) mass is 558 g/mol. The van der Waals surface area contributed by atoms with Gasteiger partial charge in [-0.25, -0.2) is 4.39 Å². The molecule has 0 bridgehead atoms. The number of carbonyl (C=O) groups excluding carboxylic acids is 3. The van der Waals surface area contributed by atoms with Gasteiger partial charge in [0, 0.05) is 31.6 Å². The summed E-state index contributed by atoms with van der Waals surface area (Å²) in [5, 5.41) is 9.65. The summed E-state index contributed by atoms with van der Waals surface area (Å²) < 4.78 is 19.5. The van der Waals surface area contributed by atoms with Gasteiger partial charge in [0.1, 0.15) is 30.3 Å². The summed E-state index contributed by atoms with van der Waals surface area (Å²) in [5.41, 5.74) is 1.63. The number of fused-ring (bicyclic) bond motifs is 1. The van der Waals surface area contributed by atoms with Crippen molar-refractivity contribution in [2.24, 2.45) is 5.92 Å². The number of nitrogens with zero attached hydrogens (tertiary/aromatic N) is 1. The molecule has 0 saturated heterocycles. The van der Waals surface area contributed by atoms with Gasteiger partial charge in [0.05, 0.1) is 6.04 Å². The van der Waals surface area contributed by atoms with Gasteiger partial charge in [-0.2, -0.15) is 0 Å². The lowest BCUT2D eigenvalue weighted by Gasteiger charge is -2.30. The van der Waals surface area contributed by atoms with Crippen molar-refractivity contribution in [3.05, 3.63) is 64.4 Å². The minimum atomic E-state index is -0.893. The molecule has 3 amide bonds. The topological polar surface area (TPSA) is 99.8 Å². The summed E-state index contributed by atoms with van der Waals surface area (Å²) in [6.45, 7) is 2.86. The second-order valence-electron chi connectivity index (χ2n) is 10.3. The number of nitrogens with one attached hydrogen (secondary N) is 3. The summed E-state index contributed by atoms with van der Waals surface area (Å²) in [7, 11) is 1.60. The predicted molar refractivity (Wildman–Crippen MR) is 147 cm³/mol. The third-order valence-electron chi connectivity index (χ3n) is 7.32. The largest absolute Gasteiger partial charge is 0.492 e. The van der Waals surface area contributed by atoms with E-state index in [1.54, 1.807) is 32.2 Å². The zero-order valence-corrected chi connectivity index (χ0v) is 23.1. The molecule has 3 N–H and O–H groups in total. The van der Waals surface area contributed by atoms with Crippen LogP contribution in [-0.2, 0) is 27.2 Å². The van der Waals surface area contributed by atoms with Crippen molar-refractivity contribution in [2.75, 3.05) is 26.7 Å². The normalized spacial score (nSPS) is 24.1. The molecule has 0 spiro atoms. The molecule has 2 aliphatic rings. The van der Waals surface area contributed by atoms with Gasteiger partial charge >= 0.3 is 0 Å². The third-order valence-corrected chi connectivity index (χ3v) is 7.56. The highest BCUT2D eigenvalue weighted by Crippen LogP contribution is 2.33. The first kappa shape index (κ1) is 28.8. The van der Waals surface area contributed by atoms with E-state index in [2.05, 4.69) is 16.0 Å². The Labute approximate surface area is 233 Å². The molecule has 1 aliphatic carbocycles. The summed E-state index contributed by atoms with van der Waals surface area (Å²) in [6.07, 6.45) is 3.33. The second kappa shape index (κ2) is 13.3. The van der Waals surface area contributed by atoms with Crippen LogP contribution in [0.3, 0.4) is 0 Å². The van der Waals surface area contributed by atoms with Crippen LogP contribution in [0.2, 0.25) is 5.02 Å². The Morgan fingerprint density at radius 2 is 1.79 bits per heavy atom. The fraction of sp³-hybridized carbons (Fsp3) is 0.483. The first-order chi connectivity index (χ1) is 18.7. The fourth-order valence-corrected chi connectivity index (χ4v) is 4.90. The van der Waals surface area contributed by atoms with Gasteiger partial charge in [0.2, 0.25) is 17.7 Å². The van der Waals surface area contributed by atoms with Gasteiger partial charge in [-0.3, -0.25) is 14.4 Å². The van der Waals surface area contributed by atoms with Gasteiger partial charge in [-0.1, -0.05) is 23.7 Å². The predicted octanol–water partition coefficient (Wildman–Crippen LogP) is 2.86. The maximum Gasteiger partial charge on any atom is 0.243 e. The fourth-order valence-electron chi connectivity index (χ4n) is 4.70. The van der Waals surface area contributed by atoms with Crippen LogP contribution in [0.15, 0.2) is 42.5 Å². The van der Waals surface area contributed by atoms with E-state index in [0.29, 0.717) is 43.1 Å². The second-order valence-corrected chi connectivity index (χ2v) is 10.7. The van der Waals surface area contributed by atoms with Crippen LogP contribution >= 0.6 is 11.6 Å². The number of ether oxygens (including phenoxy) is 1. The van der Waals surface area contributed by atoms with Crippen LogP contribution in [-0.4, -0.2) is 67.5 Å². The van der Waals surface area contributed by atoms with Crippen molar-refractivity contribution in [3.63, 3.8) is 0 Å². The van der Waals surface area contributed by atoms with Gasteiger partial charge < -0.3 is 25.6 Å². The zero-order valence-electron chi connectivity index (χ0n) is 22.3. The first-order valence-electron chi connectivity index (χ1n) is 13.5. The van der Waals surface area contributed by atoms with E-state index in [4.69, 9.17) is 16.3 Å². The lowest BCUT2D eigenvalue weighted by molar-refractivity contribution is -0.141. The Balaban J connectivity index is 1.55. The number of halogens is 2. The van der Waals surface area contributed by atoms with E-state index in [1.807, 2.05) is 12.1 Å². The molecule has 1 saturated carbocycles. The average Bonchev–Trinajstić information content (AvgIpc) is 3.76. The van der Waals surface area contributed by atoms with Gasteiger partial charge in [0.15, 0.2) is 0 Å². The molecule has 3 atom stereocenters. The summed E-state index contributed by atoms with van der Waals surface area (Å²) in [5.74, 6) is -0.411. The van der Waals surface area contributed by atoms with Crippen molar-refractivity contribution in [1.82, 2.24) is 20.9 Å². The highest BCUT2D eigenvalue weighted by molar-refractivity contribution is 6.30. The number of benzene rings is 2. The van der Waals surface area contributed by atoms with Crippen molar-refractivity contribution >= 4 is 29.3 Å². The molecule has 0 radical (unpaired) electrons. The Kier molecular flexibility index (Phi) is 9.80. The molecular weight excluding hydrogens is 523 g/mol. The third kappa shape index (κ3) is 7.92. The Hall–Kier alpha value is -3.17. The lowest BCUT2D eigenvalue weighted by atomic mass is 10.0. The quantitative estimate of drug-likeness (QED) is 0.538. The minimum Gasteiger partial charge on any atom is -0.492 e. The Morgan fingerprint density at radius 3 is 2.51 bits per heavy atom. The molecule has 1 fully saturated rings. The van der Waals surface area contributed by atoms with Crippen molar-refractivity contribution < 1.29 is 23.5 Å². The molecule has 39 heavy (non-hydrogen) atoms. The number of rotatable bonds is 3. The lowest BCUT2D eigenvalue weighted by Crippen LogP contribution is -2.56. The van der Waals surface area contributed by atoms with Crippen LogP contribution in [0.4, 0.5) is 4.39 Å². The number of hydrogen-bond acceptors (Lipinski definition) is 5. The van der Waals surface area contributed by atoms with E-state index in [1.165, 1.54) is 17.0 Å². The molecule has 2 aromatic rings. The number of hydrogen-bond donors (Lipinski definition) is 3. The van der Waals surface area contributed by atoms with E-state index in [-0.39, 0.29) is 30.0 Å². The number of amides is 3. The SMILES string of the molecule is C[C@@H]1C(=O)N[C@H](Cc2ccc(F)cc2)C(=O)NCCCc2cc(Cl)ccc2OCCN[C@@H](C2CC2)C(=O)N1C. The summed E-state index contributed by atoms with van der Waals surface area (Å²) >= 11 is 6.22. The Morgan fingerprint density at radius 1 is 1.05 bits per heavy atom. The molecular formula is C29H36ClFN4O4. The van der Waals surface area contributed by atoms with Crippen LogP contribution < -0.4 is 20.7 Å². The number of carbonyl (C=O) groups is 3. The zero-order chi connectivity index (χ0) is 27.9. The maximum absolute atomic E-state index is 13.4. The number of likely N-dealkylation sites (N-methyl/N-ethyl adjacent to an activating group) is 1. The first-order valence-corrected chi connectivity index (χ1v) is 13.8. The maximum atomic E-state index is 13.4. The standard InChI is InChI=1S/C29H36ClFN4O4/c1-18-27(36)34-24(16-19-5-10-23(31)11-6-19)28(37)33-13-3-4-21-17-22(30)9-12-25(21)39-15-14-32-26(20-7-8-20)29(38)35(18)2/h5-6,9-12,17-18,20,24,26,32H,3-4,7-8,13-16H2,1-2H3,(H,33,37)(H,34,36)/t18-,24-,26+/m1/s1. The van der Waals surface area contributed by atoms with E-state index in [0.717, 1.165) is 24.2 Å². The average molecular weight is 559 g/mol. The van der Waals surface area contributed by atoms with Crippen LogP contribution in [0.1, 0.15) is 37.3 Å². The molecule has 8 nitrogen and oxygen atoms in total. The number of aryl methyl sites for hydroxylation is 1. The molecule has 4 rings (SSSR count). The molecule has 0 unspecified atom stereocenters. The van der Waals surface area contributed by atoms with E-state index >= 15 is 0 Å². The smallest absolute Gasteiger partial charge is 0.243 e. The molecule has 210 valence electrons. The minimum absolute atomic E-state index is 0.173.